The zero-order valence-corrected chi connectivity index (χ0v) is 18.8. The van der Waals surface area contributed by atoms with Crippen molar-refractivity contribution in [3.63, 3.8) is 0 Å². The van der Waals surface area contributed by atoms with Crippen molar-refractivity contribution < 1.29 is 23.1 Å². The van der Waals surface area contributed by atoms with E-state index in [-0.39, 0.29) is 24.2 Å². The Morgan fingerprint density at radius 2 is 2.00 bits per heavy atom. The van der Waals surface area contributed by atoms with Gasteiger partial charge in [-0.25, -0.2) is 17.7 Å². The van der Waals surface area contributed by atoms with Crippen molar-refractivity contribution in [3.8, 4) is 11.4 Å². The first-order valence-electron chi connectivity index (χ1n) is 10.0. The van der Waals surface area contributed by atoms with E-state index in [1.807, 2.05) is 35.3 Å². The fourth-order valence-corrected chi connectivity index (χ4v) is 4.83. The molecule has 2 atom stereocenters. The molecule has 0 spiro atoms. The van der Waals surface area contributed by atoms with Crippen LogP contribution in [0.3, 0.4) is 0 Å². The van der Waals surface area contributed by atoms with Crippen molar-refractivity contribution in [2.24, 2.45) is 5.92 Å². The smallest absolute Gasteiger partial charge is 0.290 e. The number of carboxylic acid groups (broad SMARTS) is 1. The lowest BCUT2D eigenvalue weighted by Crippen LogP contribution is -2.32. The minimum Gasteiger partial charge on any atom is -0.483 e. The van der Waals surface area contributed by atoms with Crippen molar-refractivity contribution in [1.29, 1.82) is 0 Å². The van der Waals surface area contributed by atoms with Crippen LogP contribution in [0.1, 0.15) is 11.6 Å². The lowest BCUT2D eigenvalue weighted by molar-refractivity contribution is -0.122. The molecule has 3 aromatic rings. The summed E-state index contributed by atoms with van der Waals surface area (Å²) in [5.74, 6) is 0.749. The van der Waals surface area contributed by atoms with E-state index in [0.717, 1.165) is 17.0 Å². The second kappa shape index (κ2) is 10.5. The van der Waals surface area contributed by atoms with Crippen molar-refractivity contribution in [1.82, 2.24) is 23.6 Å². The Hall–Kier alpha value is -3.02. The molecule has 1 aliphatic heterocycles. The van der Waals surface area contributed by atoms with Crippen LogP contribution >= 0.6 is 0 Å². The molecule has 0 saturated carbocycles. The molecule has 1 fully saturated rings. The highest BCUT2D eigenvalue weighted by Crippen LogP contribution is 2.32. The van der Waals surface area contributed by atoms with Crippen LogP contribution in [0.15, 0.2) is 55.1 Å². The van der Waals surface area contributed by atoms with E-state index in [1.54, 1.807) is 26.5 Å². The van der Waals surface area contributed by atoms with Crippen LogP contribution in [-0.2, 0) is 26.1 Å². The molecule has 1 saturated heterocycles. The quantitative estimate of drug-likeness (QED) is 0.531. The Morgan fingerprint density at radius 3 is 2.69 bits per heavy atom. The number of imidazole rings is 1. The topological polar surface area (TPSA) is 120 Å². The first-order chi connectivity index (χ1) is 15.4. The molecule has 32 heavy (non-hydrogen) atoms. The first kappa shape index (κ1) is 23.6. The summed E-state index contributed by atoms with van der Waals surface area (Å²) >= 11 is 0. The lowest BCUT2D eigenvalue weighted by atomic mass is 10.0. The average molecular weight is 462 g/mol. The first-order valence-corrected chi connectivity index (χ1v) is 11.6. The Labute approximate surface area is 187 Å². The third-order valence-electron chi connectivity index (χ3n) is 5.26. The molecule has 2 aromatic heterocycles. The number of aromatic nitrogens is 4. The molecule has 1 aliphatic rings. The molecule has 172 valence electrons. The van der Waals surface area contributed by atoms with Crippen LogP contribution < -0.4 is 0 Å². The number of carbonyl (C=O) groups is 1. The van der Waals surface area contributed by atoms with Crippen LogP contribution in [0.25, 0.3) is 11.4 Å². The Morgan fingerprint density at radius 1 is 1.22 bits per heavy atom. The van der Waals surface area contributed by atoms with Crippen LogP contribution in [0.4, 0.5) is 0 Å². The predicted octanol–water partition coefficient (Wildman–Crippen LogP) is 1.57. The predicted molar refractivity (Wildman–Crippen MR) is 119 cm³/mol. The number of hydrogen-bond acceptors (Lipinski definition) is 6. The van der Waals surface area contributed by atoms with Gasteiger partial charge in [-0.3, -0.25) is 9.48 Å². The standard InChI is InChI=1S/C20H25N5O3S.CH2O2/c1-23(2)29(26,27)15-18-13-28-14-19(18)25-10-8-21-20(25)17-6-3-5-16(11-17)12-24-9-4-7-22-24;2-1-3/h3-11,18-19H,12-15H2,1-2H3;1H,(H,2,3)/t18-,19-;/m1./s1. The van der Waals surface area contributed by atoms with Gasteiger partial charge in [0.2, 0.25) is 10.0 Å². The van der Waals surface area contributed by atoms with E-state index < -0.39 is 10.0 Å². The molecular formula is C21H27N5O5S. The molecule has 11 heteroatoms. The Bertz CT molecular complexity index is 1110. The monoisotopic (exact) mass is 461 g/mol. The third-order valence-corrected chi connectivity index (χ3v) is 7.22. The highest BCUT2D eigenvalue weighted by atomic mass is 32.2. The molecule has 10 nitrogen and oxygen atoms in total. The lowest BCUT2D eigenvalue weighted by Gasteiger charge is -2.22. The SMILES string of the molecule is CN(C)S(=O)(=O)C[C@H]1COC[C@H]1n1ccnc1-c1cccc(Cn2cccn2)c1.O=CO. The number of benzene rings is 1. The van der Waals surface area contributed by atoms with Gasteiger partial charge in [-0.1, -0.05) is 18.2 Å². The van der Waals surface area contributed by atoms with Gasteiger partial charge in [-0.15, -0.1) is 0 Å². The molecule has 0 amide bonds. The normalized spacial score (nSPS) is 18.3. The van der Waals surface area contributed by atoms with E-state index >= 15 is 0 Å². The van der Waals surface area contributed by atoms with Gasteiger partial charge >= 0.3 is 0 Å². The fraction of sp³-hybridized carbons (Fsp3) is 0.381. The number of nitrogens with zero attached hydrogens (tertiary/aromatic N) is 5. The van der Waals surface area contributed by atoms with Gasteiger partial charge in [0, 0.05) is 50.4 Å². The summed E-state index contributed by atoms with van der Waals surface area (Å²) in [4.78, 5) is 12.9. The van der Waals surface area contributed by atoms with Gasteiger partial charge in [-0.05, 0) is 17.7 Å². The van der Waals surface area contributed by atoms with Crippen LogP contribution in [0.5, 0.6) is 0 Å². The van der Waals surface area contributed by atoms with Crippen molar-refractivity contribution in [2.45, 2.75) is 12.6 Å². The van der Waals surface area contributed by atoms with Crippen molar-refractivity contribution >= 4 is 16.5 Å². The molecule has 1 aromatic carbocycles. The summed E-state index contributed by atoms with van der Waals surface area (Å²) < 4.78 is 35.6. The zero-order chi connectivity index (χ0) is 23.1. The number of hydrogen-bond donors (Lipinski definition) is 1. The molecular weight excluding hydrogens is 434 g/mol. The summed E-state index contributed by atoms with van der Waals surface area (Å²) in [7, 11) is -0.182. The maximum Gasteiger partial charge on any atom is 0.290 e. The van der Waals surface area contributed by atoms with Crippen molar-refractivity contribution in [2.75, 3.05) is 33.1 Å². The number of sulfonamides is 1. The Kier molecular flexibility index (Phi) is 7.78. The molecule has 3 heterocycles. The van der Waals surface area contributed by atoms with Gasteiger partial charge in [0.15, 0.2) is 0 Å². The third kappa shape index (κ3) is 5.61. The summed E-state index contributed by atoms with van der Waals surface area (Å²) in [6, 6.07) is 10.0. The highest BCUT2D eigenvalue weighted by molar-refractivity contribution is 7.89. The minimum atomic E-state index is -3.31. The fourth-order valence-electron chi connectivity index (χ4n) is 3.67. The maximum atomic E-state index is 12.4. The molecule has 0 unspecified atom stereocenters. The molecule has 0 aliphatic carbocycles. The van der Waals surface area contributed by atoms with E-state index in [2.05, 4.69) is 26.8 Å². The minimum absolute atomic E-state index is 0.0572. The number of rotatable bonds is 7. The van der Waals surface area contributed by atoms with Crippen LogP contribution in [-0.4, -0.2) is 76.7 Å². The van der Waals surface area contributed by atoms with E-state index in [4.69, 9.17) is 14.6 Å². The molecule has 4 rings (SSSR count). The summed E-state index contributed by atoms with van der Waals surface area (Å²) in [5, 5.41) is 11.2. The molecule has 0 radical (unpaired) electrons. The van der Waals surface area contributed by atoms with Crippen LogP contribution in [0.2, 0.25) is 0 Å². The van der Waals surface area contributed by atoms with Gasteiger partial charge < -0.3 is 14.4 Å². The number of ether oxygens (including phenoxy) is 1. The zero-order valence-electron chi connectivity index (χ0n) is 18.0. The van der Waals surface area contributed by atoms with Gasteiger partial charge in [-0.2, -0.15) is 5.10 Å². The second-order valence-corrected chi connectivity index (χ2v) is 9.82. The van der Waals surface area contributed by atoms with Gasteiger partial charge in [0.25, 0.3) is 6.47 Å². The Balaban J connectivity index is 0.000000913. The van der Waals surface area contributed by atoms with E-state index in [0.29, 0.717) is 19.8 Å². The average Bonchev–Trinajstić information content (AvgIpc) is 3.50. The maximum absolute atomic E-state index is 12.4. The summed E-state index contributed by atoms with van der Waals surface area (Å²) in [6.07, 6.45) is 7.35. The van der Waals surface area contributed by atoms with Gasteiger partial charge in [0.05, 0.1) is 31.6 Å². The highest BCUT2D eigenvalue weighted by Gasteiger charge is 2.35. The molecule has 0 bridgehead atoms. The van der Waals surface area contributed by atoms with E-state index in [1.165, 1.54) is 4.31 Å². The molecule has 1 N–H and O–H groups in total. The summed E-state index contributed by atoms with van der Waals surface area (Å²) in [6.45, 7) is 1.33. The van der Waals surface area contributed by atoms with Crippen LogP contribution in [0, 0.1) is 5.92 Å². The largest absolute Gasteiger partial charge is 0.483 e. The second-order valence-electron chi connectivity index (χ2n) is 7.59. The van der Waals surface area contributed by atoms with Crippen molar-refractivity contribution in [3.05, 3.63) is 60.7 Å². The summed E-state index contributed by atoms with van der Waals surface area (Å²) in [5.41, 5.74) is 2.11. The van der Waals surface area contributed by atoms with Gasteiger partial charge in [0.1, 0.15) is 5.82 Å². The van der Waals surface area contributed by atoms with E-state index in [9.17, 15) is 8.42 Å².